The van der Waals surface area contributed by atoms with Crippen LogP contribution < -0.4 is 5.32 Å². The first kappa shape index (κ1) is 13.3. The normalized spacial score (nSPS) is 10.7. The van der Waals surface area contributed by atoms with Gasteiger partial charge >= 0.3 is 5.97 Å². The van der Waals surface area contributed by atoms with Gasteiger partial charge in [0.1, 0.15) is 0 Å². The molecule has 100 valence electrons. The highest BCUT2D eigenvalue weighted by molar-refractivity contribution is 5.92. The van der Waals surface area contributed by atoms with Gasteiger partial charge in [-0.2, -0.15) is 0 Å². The zero-order valence-corrected chi connectivity index (χ0v) is 11.3. The van der Waals surface area contributed by atoms with E-state index in [0.717, 1.165) is 16.6 Å². The third kappa shape index (κ3) is 3.19. The summed E-state index contributed by atoms with van der Waals surface area (Å²) in [6.07, 6.45) is 0. The average Bonchev–Trinajstić information content (AvgIpc) is 2.37. The van der Waals surface area contributed by atoms with Crippen LogP contribution in [0.2, 0.25) is 0 Å². The Morgan fingerprint density at radius 1 is 1.32 bits per heavy atom. The number of hydrogen-bond donors (Lipinski definition) is 1. The van der Waals surface area contributed by atoms with E-state index in [1.807, 2.05) is 18.2 Å². The maximum absolute atomic E-state index is 11.6. The summed E-state index contributed by atoms with van der Waals surface area (Å²) in [5, 5.41) is 12.1. The summed E-state index contributed by atoms with van der Waals surface area (Å²) < 4.78 is 4.91. The van der Waals surface area contributed by atoms with Crippen LogP contribution in [0.25, 0.3) is 10.9 Å². The fourth-order valence-corrected chi connectivity index (χ4v) is 1.77. The largest absolute Gasteiger partial charge is 0.461 e. The third-order valence-electron chi connectivity index (χ3n) is 2.53. The summed E-state index contributed by atoms with van der Waals surface area (Å²) in [5.41, 5.74) is 1.98. The number of aromatic nitrogens is 2. The molecule has 2 rings (SSSR count). The molecule has 0 radical (unpaired) electrons. The molecule has 0 amide bonds. The molecule has 1 heterocycles. The van der Waals surface area contributed by atoms with Crippen LogP contribution in [0.15, 0.2) is 24.3 Å². The number of ether oxygens (including phenoxy) is 1. The first-order valence-electron chi connectivity index (χ1n) is 6.31. The van der Waals surface area contributed by atoms with Crippen LogP contribution in [0, 0.1) is 0 Å². The van der Waals surface area contributed by atoms with Crippen molar-refractivity contribution < 1.29 is 9.53 Å². The SMILES string of the molecule is CCOC(=O)c1cc2cc(NC(C)C)ccc2nn1. The van der Waals surface area contributed by atoms with E-state index < -0.39 is 5.97 Å². The Kier molecular flexibility index (Phi) is 3.94. The van der Waals surface area contributed by atoms with Crippen molar-refractivity contribution in [3.63, 3.8) is 0 Å². The lowest BCUT2D eigenvalue weighted by molar-refractivity contribution is 0.0518. The summed E-state index contributed by atoms with van der Waals surface area (Å²) in [4.78, 5) is 11.6. The number of esters is 1. The fourth-order valence-electron chi connectivity index (χ4n) is 1.77. The van der Waals surface area contributed by atoms with Gasteiger partial charge in [-0.05, 0) is 45.0 Å². The van der Waals surface area contributed by atoms with Crippen LogP contribution in [0.3, 0.4) is 0 Å². The molecule has 5 heteroatoms. The molecule has 0 saturated carbocycles. The van der Waals surface area contributed by atoms with Gasteiger partial charge in [-0.3, -0.25) is 0 Å². The number of fused-ring (bicyclic) bond motifs is 1. The van der Waals surface area contributed by atoms with Crippen LogP contribution in [-0.2, 0) is 4.74 Å². The zero-order chi connectivity index (χ0) is 13.8. The number of carbonyl (C=O) groups is 1. The van der Waals surface area contributed by atoms with Gasteiger partial charge in [0.05, 0.1) is 12.1 Å². The second kappa shape index (κ2) is 5.65. The minimum absolute atomic E-state index is 0.232. The Morgan fingerprint density at radius 3 is 2.79 bits per heavy atom. The Bertz CT molecular complexity index is 596. The second-order valence-electron chi connectivity index (χ2n) is 4.52. The number of nitrogens with zero attached hydrogens (tertiary/aromatic N) is 2. The van der Waals surface area contributed by atoms with Crippen molar-refractivity contribution in [1.29, 1.82) is 0 Å². The van der Waals surface area contributed by atoms with Crippen LogP contribution >= 0.6 is 0 Å². The van der Waals surface area contributed by atoms with Gasteiger partial charge in [0.15, 0.2) is 5.69 Å². The average molecular weight is 259 g/mol. The van der Waals surface area contributed by atoms with E-state index in [9.17, 15) is 4.79 Å². The highest BCUT2D eigenvalue weighted by atomic mass is 16.5. The summed E-state index contributed by atoms with van der Waals surface area (Å²) in [6, 6.07) is 7.82. The molecule has 1 aromatic heterocycles. The number of rotatable bonds is 4. The maximum Gasteiger partial charge on any atom is 0.358 e. The van der Waals surface area contributed by atoms with Crippen molar-refractivity contribution in [2.75, 3.05) is 11.9 Å². The van der Waals surface area contributed by atoms with Gasteiger partial charge in [-0.15, -0.1) is 10.2 Å². The standard InChI is InChI=1S/C14H17N3O2/c1-4-19-14(18)13-8-10-7-11(15-9(2)3)5-6-12(10)16-17-13/h5-9,15H,4H2,1-3H3. The van der Waals surface area contributed by atoms with Gasteiger partial charge in [0.25, 0.3) is 0 Å². The van der Waals surface area contributed by atoms with Gasteiger partial charge in [0.2, 0.25) is 0 Å². The molecule has 19 heavy (non-hydrogen) atoms. The van der Waals surface area contributed by atoms with E-state index in [0.29, 0.717) is 12.6 Å². The molecule has 0 spiro atoms. The van der Waals surface area contributed by atoms with Crippen LogP contribution in [0.4, 0.5) is 5.69 Å². The topological polar surface area (TPSA) is 64.1 Å². The van der Waals surface area contributed by atoms with Crippen molar-refractivity contribution in [2.24, 2.45) is 0 Å². The Balaban J connectivity index is 2.36. The van der Waals surface area contributed by atoms with Crippen molar-refractivity contribution in [1.82, 2.24) is 10.2 Å². The third-order valence-corrected chi connectivity index (χ3v) is 2.53. The number of benzene rings is 1. The minimum atomic E-state index is -0.445. The first-order valence-corrected chi connectivity index (χ1v) is 6.31. The van der Waals surface area contributed by atoms with Crippen molar-refractivity contribution in [2.45, 2.75) is 26.8 Å². The monoisotopic (exact) mass is 259 g/mol. The molecule has 0 atom stereocenters. The second-order valence-corrected chi connectivity index (χ2v) is 4.52. The lowest BCUT2D eigenvalue weighted by atomic mass is 10.2. The smallest absolute Gasteiger partial charge is 0.358 e. The minimum Gasteiger partial charge on any atom is -0.461 e. The number of nitrogens with one attached hydrogen (secondary N) is 1. The lowest BCUT2D eigenvalue weighted by Crippen LogP contribution is -2.10. The number of anilines is 1. The van der Waals surface area contributed by atoms with E-state index in [2.05, 4.69) is 29.4 Å². The van der Waals surface area contributed by atoms with E-state index in [1.54, 1.807) is 13.0 Å². The zero-order valence-electron chi connectivity index (χ0n) is 11.3. The van der Waals surface area contributed by atoms with E-state index in [1.165, 1.54) is 0 Å². The summed E-state index contributed by atoms with van der Waals surface area (Å²) in [6.45, 7) is 6.22. The highest BCUT2D eigenvalue weighted by Gasteiger charge is 2.10. The predicted octanol–water partition coefficient (Wildman–Crippen LogP) is 2.63. The Labute approximate surface area is 112 Å². The van der Waals surface area contributed by atoms with Crippen molar-refractivity contribution in [3.8, 4) is 0 Å². The van der Waals surface area contributed by atoms with E-state index >= 15 is 0 Å². The van der Waals surface area contributed by atoms with Crippen LogP contribution in [0.1, 0.15) is 31.3 Å². The highest BCUT2D eigenvalue weighted by Crippen LogP contribution is 2.18. The maximum atomic E-state index is 11.6. The Morgan fingerprint density at radius 2 is 2.11 bits per heavy atom. The van der Waals surface area contributed by atoms with Crippen LogP contribution in [-0.4, -0.2) is 28.8 Å². The van der Waals surface area contributed by atoms with Gasteiger partial charge in [0, 0.05) is 17.1 Å². The molecule has 0 aliphatic heterocycles. The predicted molar refractivity (Wildman–Crippen MR) is 74.3 cm³/mol. The molecule has 5 nitrogen and oxygen atoms in total. The quantitative estimate of drug-likeness (QED) is 0.855. The molecule has 0 saturated heterocycles. The summed E-state index contributed by atoms with van der Waals surface area (Å²) >= 11 is 0. The van der Waals surface area contributed by atoms with Crippen molar-refractivity contribution in [3.05, 3.63) is 30.0 Å². The van der Waals surface area contributed by atoms with E-state index in [4.69, 9.17) is 4.74 Å². The molecule has 0 aliphatic rings. The lowest BCUT2D eigenvalue weighted by Gasteiger charge is -2.10. The summed E-state index contributed by atoms with van der Waals surface area (Å²) in [7, 11) is 0. The summed E-state index contributed by atoms with van der Waals surface area (Å²) in [5.74, 6) is -0.445. The Hall–Kier alpha value is -2.17. The molecular formula is C14H17N3O2. The molecule has 0 unspecified atom stereocenters. The van der Waals surface area contributed by atoms with Crippen molar-refractivity contribution >= 4 is 22.6 Å². The molecule has 1 N–H and O–H groups in total. The van der Waals surface area contributed by atoms with Gasteiger partial charge in [-0.1, -0.05) is 0 Å². The van der Waals surface area contributed by atoms with Crippen LogP contribution in [0.5, 0.6) is 0 Å². The molecule has 1 aromatic carbocycles. The van der Waals surface area contributed by atoms with Gasteiger partial charge < -0.3 is 10.1 Å². The fraction of sp³-hybridized carbons (Fsp3) is 0.357. The van der Waals surface area contributed by atoms with Gasteiger partial charge in [-0.25, -0.2) is 4.79 Å². The molecular weight excluding hydrogens is 242 g/mol. The molecule has 0 aliphatic carbocycles. The molecule has 0 fully saturated rings. The number of hydrogen-bond acceptors (Lipinski definition) is 5. The molecule has 0 bridgehead atoms. The first-order chi connectivity index (χ1) is 9.10. The number of carbonyl (C=O) groups excluding carboxylic acids is 1. The van der Waals surface area contributed by atoms with E-state index in [-0.39, 0.29) is 5.69 Å². The molecule has 2 aromatic rings.